The van der Waals surface area contributed by atoms with Gasteiger partial charge in [-0.2, -0.15) is 0 Å². The number of hydrogen-bond donors (Lipinski definition) is 0. The topological polar surface area (TPSA) is 81.6 Å². The largest absolute Gasteiger partial charge is 0.463 e. The monoisotopic (exact) mass is 313 g/mol. The Morgan fingerprint density at radius 3 is 3.00 bits per heavy atom. The maximum Gasteiger partial charge on any atom is 0.258 e. The number of carbonyl (C=O) groups is 1. The van der Waals surface area contributed by atoms with Crippen LogP contribution in [0.5, 0.6) is 0 Å². The molecule has 3 heterocycles. The highest BCUT2D eigenvalue weighted by Gasteiger charge is 2.34. The van der Waals surface area contributed by atoms with Crippen molar-refractivity contribution in [2.45, 2.75) is 13.0 Å². The summed E-state index contributed by atoms with van der Waals surface area (Å²) in [6, 6.07) is 7.08. The average Bonchev–Trinajstić information content (AvgIpc) is 3.20. The van der Waals surface area contributed by atoms with E-state index in [4.69, 9.17) is 13.6 Å². The van der Waals surface area contributed by atoms with Gasteiger partial charge in [-0.3, -0.25) is 4.79 Å². The molecule has 1 fully saturated rings. The second-order valence-corrected chi connectivity index (χ2v) is 5.39. The van der Waals surface area contributed by atoms with E-state index in [1.165, 1.54) is 6.26 Å². The molecule has 1 amide bonds. The Morgan fingerprint density at radius 2 is 2.17 bits per heavy atom. The summed E-state index contributed by atoms with van der Waals surface area (Å²) in [5.74, 6) is 0.731. The molecule has 0 spiro atoms. The van der Waals surface area contributed by atoms with Gasteiger partial charge in [-0.1, -0.05) is 18.2 Å². The molecule has 3 aromatic rings. The van der Waals surface area contributed by atoms with Crippen molar-refractivity contribution >= 4 is 16.9 Å². The van der Waals surface area contributed by atoms with E-state index in [9.17, 15) is 4.79 Å². The number of aryl methyl sites for hydroxylation is 1. The lowest BCUT2D eigenvalue weighted by atomic mass is 10.1. The van der Waals surface area contributed by atoms with Gasteiger partial charge in [0.2, 0.25) is 11.8 Å². The maximum absolute atomic E-state index is 13.0. The number of hydrogen-bond acceptors (Lipinski definition) is 6. The Hall–Kier alpha value is -2.67. The summed E-state index contributed by atoms with van der Waals surface area (Å²) in [4.78, 5) is 14.7. The van der Waals surface area contributed by atoms with E-state index >= 15 is 0 Å². The molecule has 1 saturated heterocycles. The second-order valence-electron chi connectivity index (χ2n) is 5.39. The van der Waals surface area contributed by atoms with Crippen LogP contribution in [0.1, 0.15) is 28.2 Å². The lowest BCUT2D eigenvalue weighted by molar-refractivity contribution is -0.0106. The van der Waals surface area contributed by atoms with Crippen LogP contribution in [-0.4, -0.2) is 40.8 Å². The number of carbonyl (C=O) groups excluding carboxylic acids is 1. The first-order valence-electron chi connectivity index (χ1n) is 7.39. The molecule has 1 aliphatic rings. The van der Waals surface area contributed by atoms with E-state index in [-0.39, 0.29) is 11.9 Å². The summed E-state index contributed by atoms with van der Waals surface area (Å²) in [5, 5.41) is 8.67. The predicted molar refractivity (Wildman–Crippen MR) is 79.8 cm³/mol. The van der Waals surface area contributed by atoms with Crippen LogP contribution in [0.25, 0.3) is 11.0 Å². The lowest BCUT2D eigenvalue weighted by Gasteiger charge is -2.33. The van der Waals surface area contributed by atoms with E-state index < -0.39 is 0 Å². The highest BCUT2D eigenvalue weighted by Crippen LogP contribution is 2.28. The van der Waals surface area contributed by atoms with Crippen molar-refractivity contribution in [3.8, 4) is 0 Å². The predicted octanol–water partition coefficient (Wildman–Crippen LogP) is 2.34. The summed E-state index contributed by atoms with van der Waals surface area (Å²) in [7, 11) is 0. The van der Waals surface area contributed by atoms with E-state index in [1.807, 2.05) is 24.3 Å². The Bertz CT molecular complexity index is 854. The van der Waals surface area contributed by atoms with Crippen LogP contribution < -0.4 is 0 Å². The van der Waals surface area contributed by atoms with Gasteiger partial charge < -0.3 is 18.5 Å². The molecule has 0 unspecified atom stereocenters. The van der Waals surface area contributed by atoms with Crippen molar-refractivity contribution in [1.29, 1.82) is 0 Å². The molecule has 7 heteroatoms. The minimum atomic E-state index is -0.383. The summed E-state index contributed by atoms with van der Waals surface area (Å²) < 4.78 is 16.5. The maximum atomic E-state index is 13.0. The molecule has 0 saturated carbocycles. The molecule has 118 valence electrons. The van der Waals surface area contributed by atoms with Crippen LogP contribution in [0.4, 0.5) is 0 Å². The molecule has 0 radical (unpaired) electrons. The number of furan rings is 1. The van der Waals surface area contributed by atoms with Crippen molar-refractivity contribution in [3.63, 3.8) is 0 Å². The van der Waals surface area contributed by atoms with Gasteiger partial charge in [-0.05, 0) is 6.07 Å². The molecule has 7 nitrogen and oxygen atoms in total. The smallest absolute Gasteiger partial charge is 0.258 e. The summed E-state index contributed by atoms with van der Waals surface area (Å²) >= 11 is 0. The molecule has 23 heavy (non-hydrogen) atoms. The van der Waals surface area contributed by atoms with Crippen molar-refractivity contribution in [2.75, 3.05) is 19.8 Å². The van der Waals surface area contributed by atoms with Gasteiger partial charge in [0.05, 0.1) is 18.8 Å². The first kappa shape index (κ1) is 14.0. The fourth-order valence-corrected chi connectivity index (χ4v) is 2.80. The van der Waals surface area contributed by atoms with Gasteiger partial charge in [0, 0.05) is 18.9 Å². The number of aromatic nitrogens is 2. The van der Waals surface area contributed by atoms with Gasteiger partial charge in [0.15, 0.2) is 0 Å². The molecule has 1 aliphatic heterocycles. The number of nitrogens with zero attached hydrogens (tertiary/aromatic N) is 3. The molecule has 1 atom stereocenters. The Kier molecular flexibility index (Phi) is 3.34. The molecule has 2 aromatic heterocycles. The van der Waals surface area contributed by atoms with Crippen LogP contribution in [0, 0.1) is 6.92 Å². The minimum Gasteiger partial charge on any atom is -0.463 e. The fraction of sp³-hybridized carbons (Fsp3) is 0.312. The summed E-state index contributed by atoms with van der Waals surface area (Å²) in [5.41, 5.74) is 1.22. The third-order valence-corrected chi connectivity index (χ3v) is 3.93. The van der Waals surface area contributed by atoms with Gasteiger partial charge in [0.25, 0.3) is 5.91 Å². The second kappa shape index (κ2) is 5.51. The zero-order valence-electron chi connectivity index (χ0n) is 12.6. The number of benzene rings is 1. The van der Waals surface area contributed by atoms with E-state index in [0.29, 0.717) is 42.7 Å². The number of morpholine rings is 1. The van der Waals surface area contributed by atoms with Crippen LogP contribution >= 0.6 is 0 Å². The highest BCUT2D eigenvalue weighted by molar-refractivity contribution is 6.06. The Labute approximate surface area is 131 Å². The molecule has 0 bridgehead atoms. The molecular formula is C16H15N3O4. The molecule has 0 N–H and O–H groups in total. The highest BCUT2D eigenvalue weighted by atomic mass is 16.5. The first-order chi connectivity index (χ1) is 11.2. The summed E-state index contributed by atoms with van der Waals surface area (Å²) in [6.45, 7) is 2.99. The Morgan fingerprint density at radius 1 is 1.30 bits per heavy atom. The van der Waals surface area contributed by atoms with Gasteiger partial charge in [-0.25, -0.2) is 0 Å². The van der Waals surface area contributed by atoms with Gasteiger partial charge in [0.1, 0.15) is 17.9 Å². The van der Waals surface area contributed by atoms with E-state index in [2.05, 4.69) is 10.2 Å². The minimum absolute atomic E-state index is 0.126. The van der Waals surface area contributed by atoms with E-state index in [0.717, 1.165) is 5.39 Å². The number of ether oxygens (including phenoxy) is 1. The Balaban J connectivity index is 1.70. The lowest BCUT2D eigenvalue weighted by Crippen LogP contribution is -2.43. The van der Waals surface area contributed by atoms with Crippen LogP contribution in [0.3, 0.4) is 0 Å². The standard InChI is InChI=1S/C16H15N3O4/c1-10-17-18-15(23-10)13-9-21-7-6-19(13)16(20)12-8-22-14-5-3-2-4-11(12)14/h2-5,8,13H,6-7,9H2,1H3/t13-/m0/s1. The van der Waals surface area contributed by atoms with Crippen LogP contribution in [0.2, 0.25) is 0 Å². The van der Waals surface area contributed by atoms with Gasteiger partial charge in [-0.15, -0.1) is 10.2 Å². The average molecular weight is 313 g/mol. The molecular weight excluding hydrogens is 298 g/mol. The fourth-order valence-electron chi connectivity index (χ4n) is 2.80. The van der Waals surface area contributed by atoms with Crippen LogP contribution in [-0.2, 0) is 4.74 Å². The molecule has 4 rings (SSSR count). The number of para-hydroxylation sites is 1. The molecule has 1 aromatic carbocycles. The van der Waals surface area contributed by atoms with Crippen LogP contribution in [0.15, 0.2) is 39.4 Å². The van der Waals surface area contributed by atoms with Gasteiger partial charge >= 0.3 is 0 Å². The number of amides is 1. The number of rotatable bonds is 2. The zero-order valence-corrected chi connectivity index (χ0v) is 12.6. The third-order valence-electron chi connectivity index (χ3n) is 3.93. The number of fused-ring (bicyclic) bond motifs is 1. The quantitative estimate of drug-likeness (QED) is 0.722. The van der Waals surface area contributed by atoms with Crippen molar-refractivity contribution in [2.24, 2.45) is 0 Å². The van der Waals surface area contributed by atoms with Crippen molar-refractivity contribution in [1.82, 2.24) is 15.1 Å². The third kappa shape index (κ3) is 2.39. The normalized spacial score (nSPS) is 18.5. The SMILES string of the molecule is Cc1nnc([C@@H]2COCCN2C(=O)c2coc3ccccc23)o1. The van der Waals surface area contributed by atoms with Crippen molar-refractivity contribution < 1.29 is 18.4 Å². The van der Waals surface area contributed by atoms with E-state index in [1.54, 1.807) is 11.8 Å². The first-order valence-corrected chi connectivity index (χ1v) is 7.39. The van der Waals surface area contributed by atoms with Crippen molar-refractivity contribution in [3.05, 3.63) is 47.9 Å². The zero-order chi connectivity index (χ0) is 15.8. The summed E-state index contributed by atoms with van der Waals surface area (Å²) in [6.07, 6.45) is 1.50. The molecule has 0 aliphatic carbocycles.